The number of methoxy groups -OCH3 is 1. The zero-order valence-corrected chi connectivity index (χ0v) is 10.4. The molecule has 1 saturated heterocycles. The minimum absolute atomic E-state index is 0.494. The van der Waals surface area contributed by atoms with E-state index in [0.717, 1.165) is 19.6 Å². The highest BCUT2D eigenvalue weighted by Gasteiger charge is 2.23. The molecule has 90 valence electrons. The van der Waals surface area contributed by atoms with Gasteiger partial charge in [0.1, 0.15) is 0 Å². The molecule has 1 fully saturated rings. The number of hydrogen-bond donors (Lipinski definition) is 0. The fourth-order valence-corrected chi connectivity index (χ4v) is 2.53. The molecule has 0 amide bonds. The van der Waals surface area contributed by atoms with Crippen LogP contribution in [0.2, 0.25) is 0 Å². The Morgan fingerprint density at radius 3 is 3.06 bits per heavy atom. The summed E-state index contributed by atoms with van der Waals surface area (Å²) in [4.78, 5) is 0. The highest BCUT2D eigenvalue weighted by atomic mass is 16.5. The van der Waals surface area contributed by atoms with E-state index in [1.165, 1.54) is 37.0 Å². The number of ether oxygens (including phenoxy) is 1. The van der Waals surface area contributed by atoms with E-state index in [1.54, 1.807) is 7.11 Å². The molecule has 0 bridgehead atoms. The summed E-state index contributed by atoms with van der Waals surface area (Å²) in [6.45, 7) is 4.09. The van der Waals surface area contributed by atoms with Crippen LogP contribution in [0.25, 0.3) is 0 Å². The topological polar surface area (TPSA) is 24.8 Å². The fraction of sp³-hybridized carbons (Fsp3) is 0.769. The summed E-state index contributed by atoms with van der Waals surface area (Å²) < 4.78 is 5.24. The summed E-state index contributed by atoms with van der Waals surface area (Å²) in [6.07, 6.45) is 8.34. The van der Waals surface area contributed by atoms with Gasteiger partial charge in [-0.1, -0.05) is 5.57 Å². The Labute approximate surface area is 98.2 Å². The van der Waals surface area contributed by atoms with Crippen LogP contribution in [0.4, 0.5) is 0 Å². The standard InChI is InChI=1S/C13H22N2O/c1-11-5-3-6-12(9-11)14-15-8-4-7-13(15)10-16-2/h9,13H,3-8,10H2,1-2H3/b14-12-/t13-/m0/s1. The third-order valence-electron chi connectivity index (χ3n) is 3.38. The van der Waals surface area contributed by atoms with E-state index in [9.17, 15) is 0 Å². The van der Waals surface area contributed by atoms with Gasteiger partial charge in [-0.05, 0) is 45.1 Å². The molecule has 16 heavy (non-hydrogen) atoms. The monoisotopic (exact) mass is 222 g/mol. The van der Waals surface area contributed by atoms with Gasteiger partial charge in [-0.15, -0.1) is 0 Å². The van der Waals surface area contributed by atoms with Crippen LogP contribution < -0.4 is 0 Å². The number of hydrogen-bond acceptors (Lipinski definition) is 3. The van der Waals surface area contributed by atoms with Crippen molar-refractivity contribution in [3.63, 3.8) is 0 Å². The first-order chi connectivity index (χ1) is 7.79. The smallest absolute Gasteiger partial charge is 0.0704 e. The van der Waals surface area contributed by atoms with E-state index in [1.807, 2.05) is 0 Å². The molecule has 1 aliphatic carbocycles. The summed E-state index contributed by atoms with van der Waals surface area (Å²) in [5.74, 6) is 0. The van der Waals surface area contributed by atoms with Crippen LogP contribution in [-0.2, 0) is 4.74 Å². The van der Waals surface area contributed by atoms with Gasteiger partial charge in [0.05, 0.1) is 18.4 Å². The Balaban J connectivity index is 2.01. The summed E-state index contributed by atoms with van der Waals surface area (Å²) in [5.41, 5.74) is 2.72. The predicted octanol–water partition coefficient (Wildman–Crippen LogP) is 2.58. The van der Waals surface area contributed by atoms with Crippen molar-refractivity contribution in [2.45, 2.75) is 45.1 Å². The second-order valence-corrected chi connectivity index (χ2v) is 4.85. The summed E-state index contributed by atoms with van der Waals surface area (Å²) in [5, 5.41) is 7.01. The second kappa shape index (κ2) is 5.48. The normalized spacial score (nSPS) is 28.6. The first kappa shape index (κ1) is 11.6. The number of allylic oxidation sites excluding steroid dienone is 2. The van der Waals surface area contributed by atoms with Gasteiger partial charge in [-0.25, -0.2) is 0 Å². The van der Waals surface area contributed by atoms with E-state index >= 15 is 0 Å². The molecule has 0 N–H and O–H groups in total. The largest absolute Gasteiger partial charge is 0.382 e. The average molecular weight is 222 g/mol. The third-order valence-corrected chi connectivity index (χ3v) is 3.38. The van der Waals surface area contributed by atoms with Crippen LogP contribution in [0.15, 0.2) is 16.8 Å². The van der Waals surface area contributed by atoms with Crippen molar-refractivity contribution in [3.05, 3.63) is 11.6 Å². The van der Waals surface area contributed by atoms with Crippen LogP contribution in [0, 0.1) is 0 Å². The lowest BCUT2D eigenvalue weighted by molar-refractivity contribution is 0.118. The van der Waals surface area contributed by atoms with Gasteiger partial charge in [0.15, 0.2) is 0 Å². The molecule has 0 spiro atoms. The minimum atomic E-state index is 0.494. The second-order valence-electron chi connectivity index (χ2n) is 4.85. The van der Waals surface area contributed by atoms with Crippen molar-refractivity contribution >= 4 is 5.71 Å². The van der Waals surface area contributed by atoms with E-state index < -0.39 is 0 Å². The van der Waals surface area contributed by atoms with Gasteiger partial charge in [-0.2, -0.15) is 5.10 Å². The van der Waals surface area contributed by atoms with Gasteiger partial charge in [0.2, 0.25) is 0 Å². The average Bonchev–Trinajstić information content (AvgIpc) is 2.66. The Morgan fingerprint density at radius 2 is 2.31 bits per heavy atom. The van der Waals surface area contributed by atoms with E-state index in [4.69, 9.17) is 9.84 Å². The maximum absolute atomic E-state index is 5.24. The van der Waals surface area contributed by atoms with Gasteiger partial charge < -0.3 is 4.74 Å². The van der Waals surface area contributed by atoms with E-state index in [-0.39, 0.29) is 0 Å². The minimum Gasteiger partial charge on any atom is -0.382 e. The van der Waals surface area contributed by atoms with E-state index in [2.05, 4.69) is 18.0 Å². The zero-order chi connectivity index (χ0) is 11.4. The van der Waals surface area contributed by atoms with E-state index in [0.29, 0.717) is 6.04 Å². The Hall–Kier alpha value is -0.830. The van der Waals surface area contributed by atoms with Crippen molar-refractivity contribution < 1.29 is 4.74 Å². The van der Waals surface area contributed by atoms with Crippen LogP contribution >= 0.6 is 0 Å². The molecule has 1 heterocycles. The lowest BCUT2D eigenvalue weighted by Gasteiger charge is -2.22. The molecule has 1 atom stereocenters. The van der Waals surface area contributed by atoms with Crippen LogP contribution in [-0.4, -0.2) is 37.0 Å². The Kier molecular flexibility index (Phi) is 3.99. The summed E-state index contributed by atoms with van der Waals surface area (Å²) >= 11 is 0. The molecule has 2 rings (SSSR count). The summed E-state index contributed by atoms with van der Waals surface area (Å²) in [7, 11) is 1.77. The van der Waals surface area contributed by atoms with Crippen LogP contribution in [0.1, 0.15) is 39.0 Å². The van der Waals surface area contributed by atoms with Gasteiger partial charge in [0.25, 0.3) is 0 Å². The van der Waals surface area contributed by atoms with Crippen LogP contribution in [0.3, 0.4) is 0 Å². The fourth-order valence-electron chi connectivity index (χ4n) is 2.53. The highest BCUT2D eigenvalue weighted by Crippen LogP contribution is 2.21. The molecular weight excluding hydrogens is 200 g/mol. The molecule has 0 unspecified atom stereocenters. The maximum atomic E-state index is 5.24. The Bertz CT molecular complexity index is 296. The number of nitrogens with zero attached hydrogens (tertiary/aromatic N) is 2. The first-order valence-electron chi connectivity index (χ1n) is 6.30. The quantitative estimate of drug-likeness (QED) is 0.733. The third kappa shape index (κ3) is 2.85. The van der Waals surface area contributed by atoms with Gasteiger partial charge >= 0.3 is 0 Å². The molecule has 0 aromatic carbocycles. The molecule has 0 saturated carbocycles. The molecular formula is C13H22N2O. The molecule has 0 aromatic rings. The molecule has 0 aromatic heterocycles. The molecule has 1 aliphatic heterocycles. The van der Waals surface area contributed by atoms with Crippen LogP contribution in [0.5, 0.6) is 0 Å². The number of rotatable bonds is 3. The first-order valence-corrected chi connectivity index (χ1v) is 6.30. The molecule has 3 heteroatoms. The van der Waals surface area contributed by atoms with Crippen molar-refractivity contribution in [3.8, 4) is 0 Å². The summed E-state index contributed by atoms with van der Waals surface area (Å²) in [6, 6.07) is 0.494. The van der Waals surface area contributed by atoms with Crippen molar-refractivity contribution in [1.82, 2.24) is 5.01 Å². The van der Waals surface area contributed by atoms with Crippen molar-refractivity contribution in [2.24, 2.45) is 5.10 Å². The zero-order valence-electron chi connectivity index (χ0n) is 10.4. The van der Waals surface area contributed by atoms with Crippen molar-refractivity contribution in [2.75, 3.05) is 20.3 Å². The molecule has 2 aliphatic rings. The van der Waals surface area contributed by atoms with Gasteiger partial charge in [-0.3, -0.25) is 5.01 Å². The lowest BCUT2D eigenvalue weighted by atomic mass is 10.00. The maximum Gasteiger partial charge on any atom is 0.0704 e. The lowest BCUT2D eigenvalue weighted by Crippen LogP contribution is -2.29. The Morgan fingerprint density at radius 1 is 1.44 bits per heavy atom. The predicted molar refractivity (Wildman–Crippen MR) is 66.6 cm³/mol. The molecule has 0 radical (unpaired) electrons. The molecule has 3 nitrogen and oxygen atoms in total. The van der Waals surface area contributed by atoms with Gasteiger partial charge in [0, 0.05) is 13.7 Å². The van der Waals surface area contributed by atoms with Crippen molar-refractivity contribution in [1.29, 1.82) is 0 Å². The highest BCUT2D eigenvalue weighted by molar-refractivity contribution is 5.96. The number of hydrazone groups is 1. The SMILES string of the molecule is COC[C@@H]1CCCN1/N=C1\C=C(C)CCC1.